The lowest BCUT2D eigenvalue weighted by Gasteiger charge is -2.18. The molecule has 2 atom stereocenters. The van der Waals surface area contributed by atoms with Crippen LogP contribution in [-0.4, -0.2) is 37.2 Å². The van der Waals surface area contributed by atoms with Gasteiger partial charge in [-0.25, -0.2) is 0 Å². The average molecular weight is 765 g/mol. The maximum absolute atomic E-state index is 12.7. The number of hydrogen-bond acceptors (Lipinski definition) is 6. The fraction of sp³-hybridized carbons (Fsp3) is 0.938. The molecule has 0 amide bonds. The van der Waals surface area contributed by atoms with Crippen molar-refractivity contribution in [2.45, 2.75) is 265 Å². The van der Waals surface area contributed by atoms with Crippen LogP contribution in [0.25, 0.3) is 0 Å². The molecule has 0 aromatic heterocycles. The van der Waals surface area contributed by atoms with Gasteiger partial charge in [-0.3, -0.25) is 14.4 Å². The Balaban J connectivity index is 4.32. The lowest BCUT2D eigenvalue weighted by molar-refractivity contribution is -0.167. The third-order valence-electron chi connectivity index (χ3n) is 11.1. The summed E-state index contributed by atoms with van der Waals surface area (Å²) in [6.45, 7) is 11.3. The zero-order chi connectivity index (χ0) is 39.7. The van der Waals surface area contributed by atoms with Crippen molar-refractivity contribution in [1.82, 2.24) is 0 Å². The molecule has 0 spiro atoms. The van der Waals surface area contributed by atoms with Crippen molar-refractivity contribution < 1.29 is 28.6 Å². The molecule has 0 rings (SSSR count). The zero-order valence-corrected chi connectivity index (χ0v) is 36.8. The predicted octanol–water partition coefficient (Wildman–Crippen LogP) is 15.0. The van der Waals surface area contributed by atoms with E-state index in [1.807, 2.05) is 0 Å². The fourth-order valence-electron chi connectivity index (χ4n) is 7.07. The Morgan fingerprint density at radius 1 is 0.389 bits per heavy atom. The summed E-state index contributed by atoms with van der Waals surface area (Å²) in [5.41, 5.74) is 0. The molecule has 0 aliphatic heterocycles. The first-order valence-corrected chi connectivity index (χ1v) is 23.8. The zero-order valence-electron chi connectivity index (χ0n) is 36.8. The second kappa shape index (κ2) is 41.1. The van der Waals surface area contributed by atoms with E-state index < -0.39 is 6.10 Å². The van der Waals surface area contributed by atoms with Crippen LogP contribution in [0.15, 0.2) is 0 Å². The summed E-state index contributed by atoms with van der Waals surface area (Å²) in [6, 6.07) is 0. The monoisotopic (exact) mass is 765 g/mol. The lowest BCUT2D eigenvalue weighted by atomic mass is 9.99. The number of carbonyl (C=O) groups is 3. The minimum atomic E-state index is -0.761. The van der Waals surface area contributed by atoms with E-state index in [1.54, 1.807) is 0 Å². The summed E-state index contributed by atoms with van der Waals surface area (Å²) in [5.74, 6) is 0.772. The third kappa shape index (κ3) is 40.1. The number of carbonyl (C=O) groups excluding carboxylic acids is 3. The van der Waals surface area contributed by atoms with Crippen LogP contribution in [0, 0.1) is 11.8 Å². The molecule has 0 aromatic carbocycles. The van der Waals surface area contributed by atoms with Crippen LogP contribution in [0.2, 0.25) is 0 Å². The molecule has 0 N–H and O–H groups in total. The number of unbranched alkanes of at least 4 members (excludes halogenated alkanes) is 26. The molecule has 0 bridgehead atoms. The van der Waals surface area contributed by atoms with Gasteiger partial charge in [-0.15, -0.1) is 0 Å². The molecule has 0 fully saturated rings. The first kappa shape index (κ1) is 52.4. The van der Waals surface area contributed by atoms with E-state index in [4.69, 9.17) is 14.2 Å². The Morgan fingerprint density at radius 2 is 0.704 bits per heavy atom. The van der Waals surface area contributed by atoms with Crippen LogP contribution in [0.5, 0.6) is 0 Å². The fourth-order valence-corrected chi connectivity index (χ4v) is 7.07. The number of esters is 3. The highest BCUT2D eigenvalue weighted by atomic mass is 16.6. The van der Waals surface area contributed by atoms with Crippen molar-refractivity contribution in [1.29, 1.82) is 0 Å². The van der Waals surface area contributed by atoms with Gasteiger partial charge >= 0.3 is 17.9 Å². The molecule has 54 heavy (non-hydrogen) atoms. The van der Waals surface area contributed by atoms with Gasteiger partial charge in [-0.1, -0.05) is 221 Å². The topological polar surface area (TPSA) is 78.9 Å². The minimum Gasteiger partial charge on any atom is -0.462 e. The van der Waals surface area contributed by atoms with Crippen molar-refractivity contribution in [3.63, 3.8) is 0 Å². The quantitative estimate of drug-likeness (QED) is 0.0350. The Hall–Kier alpha value is -1.59. The summed E-state index contributed by atoms with van der Waals surface area (Å²) in [4.78, 5) is 37.7. The standard InChI is InChI=1S/C48H92O6/c1-6-8-9-10-11-12-13-14-15-19-22-28-33-38-46(49)52-41-45(42-53-47(50)39-34-29-25-24-26-31-36-43(3)4)54-48(51)40-35-30-23-20-17-16-18-21-27-32-37-44(5)7-2/h43-45H,6-42H2,1-5H3/t44?,45-/m0/s1. The second-order valence-electron chi connectivity index (χ2n) is 17.1. The van der Waals surface area contributed by atoms with E-state index in [0.29, 0.717) is 19.3 Å². The molecule has 0 heterocycles. The largest absolute Gasteiger partial charge is 0.462 e. The molecule has 0 saturated carbocycles. The summed E-state index contributed by atoms with van der Waals surface area (Å²) in [5, 5.41) is 0. The van der Waals surface area contributed by atoms with Gasteiger partial charge in [0.05, 0.1) is 0 Å². The Morgan fingerprint density at radius 3 is 1.06 bits per heavy atom. The van der Waals surface area contributed by atoms with E-state index >= 15 is 0 Å². The first-order chi connectivity index (χ1) is 26.3. The normalized spacial score (nSPS) is 12.6. The van der Waals surface area contributed by atoms with Crippen molar-refractivity contribution in [3.8, 4) is 0 Å². The molecule has 1 unspecified atom stereocenters. The number of rotatable bonds is 42. The first-order valence-electron chi connectivity index (χ1n) is 23.8. The third-order valence-corrected chi connectivity index (χ3v) is 11.1. The van der Waals surface area contributed by atoms with Crippen molar-refractivity contribution in [2.24, 2.45) is 11.8 Å². The van der Waals surface area contributed by atoms with Gasteiger partial charge in [-0.2, -0.15) is 0 Å². The van der Waals surface area contributed by atoms with Gasteiger partial charge in [0.15, 0.2) is 6.10 Å². The summed E-state index contributed by atoms with van der Waals surface area (Å²) >= 11 is 0. The minimum absolute atomic E-state index is 0.0652. The van der Waals surface area contributed by atoms with Gasteiger partial charge in [0, 0.05) is 19.3 Å². The Bertz CT molecular complexity index is 826. The Labute approximate surface area is 336 Å². The van der Waals surface area contributed by atoms with Gasteiger partial charge in [0.2, 0.25) is 0 Å². The number of hydrogen-bond donors (Lipinski definition) is 0. The Kier molecular flexibility index (Phi) is 39.8. The molecular weight excluding hydrogens is 673 g/mol. The number of ether oxygens (including phenoxy) is 3. The lowest BCUT2D eigenvalue weighted by Crippen LogP contribution is -2.30. The SMILES string of the molecule is CCCCCCCCCCCCCCCC(=O)OC[C@@H](COC(=O)CCCCCCCCC(C)C)OC(=O)CCCCCCCCCCCCC(C)CC. The predicted molar refractivity (Wildman–Crippen MR) is 229 cm³/mol. The maximum Gasteiger partial charge on any atom is 0.306 e. The van der Waals surface area contributed by atoms with Crippen LogP contribution in [-0.2, 0) is 28.6 Å². The van der Waals surface area contributed by atoms with Crippen molar-refractivity contribution in [2.75, 3.05) is 13.2 Å². The van der Waals surface area contributed by atoms with Crippen LogP contribution in [0.3, 0.4) is 0 Å². The van der Waals surface area contributed by atoms with Crippen molar-refractivity contribution in [3.05, 3.63) is 0 Å². The molecule has 0 saturated heterocycles. The maximum atomic E-state index is 12.7. The van der Waals surface area contributed by atoms with Gasteiger partial charge in [0.1, 0.15) is 13.2 Å². The highest BCUT2D eigenvalue weighted by Crippen LogP contribution is 2.17. The highest BCUT2D eigenvalue weighted by Gasteiger charge is 2.19. The van der Waals surface area contributed by atoms with Gasteiger partial charge < -0.3 is 14.2 Å². The van der Waals surface area contributed by atoms with E-state index in [1.165, 1.54) is 148 Å². The molecule has 0 aliphatic carbocycles. The molecule has 0 radical (unpaired) electrons. The molecule has 6 nitrogen and oxygen atoms in total. The van der Waals surface area contributed by atoms with Gasteiger partial charge in [-0.05, 0) is 31.1 Å². The summed E-state index contributed by atoms with van der Waals surface area (Å²) < 4.78 is 16.7. The highest BCUT2D eigenvalue weighted by molar-refractivity contribution is 5.71. The van der Waals surface area contributed by atoms with Crippen LogP contribution < -0.4 is 0 Å². The molecule has 0 aromatic rings. The second-order valence-corrected chi connectivity index (χ2v) is 17.1. The van der Waals surface area contributed by atoms with E-state index in [9.17, 15) is 14.4 Å². The molecule has 6 heteroatoms. The van der Waals surface area contributed by atoms with Crippen LogP contribution in [0.1, 0.15) is 259 Å². The smallest absolute Gasteiger partial charge is 0.306 e. The molecule has 0 aliphatic rings. The molecule has 320 valence electrons. The van der Waals surface area contributed by atoms with Gasteiger partial charge in [0.25, 0.3) is 0 Å². The average Bonchev–Trinajstić information content (AvgIpc) is 3.15. The van der Waals surface area contributed by atoms with E-state index in [2.05, 4.69) is 34.6 Å². The van der Waals surface area contributed by atoms with Crippen molar-refractivity contribution >= 4 is 17.9 Å². The summed E-state index contributed by atoms with van der Waals surface area (Å²) in [6.07, 6.45) is 39.5. The van der Waals surface area contributed by atoms with E-state index in [-0.39, 0.29) is 31.1 Å². The summed E-state index contributed by atoms with van der Waals surface area (Å²) in [7, 11) is 0. The van der Waals surface area contributed by atoms with E-state index in [0.717, 1.165) is 69.6 Å². The van der Waals surface area contributed by atoms with Crippen LogP contribution >= 0.6 is 0 Å². The van der Waals surface area contributed by atoms with Crippen LogP contribution in [0.4, 0.5) is 0 Å². The molecular formula is C48H92O6.